The molecule has 0 bridgehead atoms. The maximum absolute atomic E-state index is 12.4. The third kappa shape index (κ3) is 5.35. The van der Waals surface area contributed by atoms with Crippen LogP contribution in [-0.4, -0.2) is 47.5 Å². The number of nitrogens with zero attached hydrogens (tertiary/aromatic N) is 2. The summed E-state index contributed by atoms with van der Waals surface area (Å²) in [7, 11) is 0. The van der Waals surface area contributed by atoms with E-state index < -0.39 is 35.7 Å². The van der Waals surface area contributed by atoms with Crippen LogP contribution in [0, 0.1) is 16.0 Å². The predicted molar refractivity (Wildman–Crippen MR) is 93.2 cm³/mol. The highest BCUT2D eigenvalue weighted by Crippen LogP contribution is 2.32. The molecule has 1 atom stereocenters. The molecule has 0 aliphatic carbocycles. The quantitative estimate of drug-likeness (QED) is 0.551. The average molecular weight is 385 g/mol. The zero-order chi connectivity index (χ0) is 20.1. The van der Waals surface area contributed by atoms with E-state index in [0.29, 0.717) is 24.7 Å². The molecule has 0 aromatic heterocycles. The Morgan fingerprint density at radius 2 is 2.00 bits per heavy atom. The summed E-state index contributed by atoms with van der Waals surface area (Å²) >= 11 is 0. The normalized spacial score (nSPS) is 16.2. The van der Waals surface area contributed by atoms with Gasteiger partial charge in [0.05, 0.1) is 4.92 Å². The second kappa shape index (κ2) is 8.74. The van der Waals surface area contributed by atoms with E-state index in [0.717, 1.165) is 18.9 Å². The van der Waals surface area contributed by atoms with Gasteiger partial charge in [0.1, 0.15) is 11.7 Å². The lowest BCUT2D eigenvalue weighted by atomic mass is 9.98. The van der Waals surface area contributed by atoms with E-state index in [1.807, 2.05) is 10.2 Å². The highest BCUT2D eigenvalue weighted by Gasteiger charge is 2.27. The molecule has 2 N–H and O–H groups in total. The lowest BCUT2D eigenvalue weighted by Crippen LogP contribution is -2.42. The van der Waals surface area contributed by atoms with Gasteiger partial charge in [-0.05, 0) is 30.9 Å². The minimum Gasteiger partial charge on any atom is -0.480 e. The molecule has 1 saturated heterocycles. The van der Waals surface area contributed by atoms with Crippen LogP contribution in [0.1, 0.15) is 36.5 Å². The highest BCUT2D eigenvalue weighted by atomic mass is 19.3. The van der Waals surface area contributed by atoms with Crippen LogP contribution in [0.4, 0.5) is 20.2 Å². The van der Waals surface area contributed by atoms with Crippen molar-refractivity contribution in [1.29, 1.82) is 0 Å². The number of halogens is 2. The molecule has 2 rings (SSSR count). The molecule has 8 nitrogen and oxygen atoms in total. The molecule has 1 fully saturated rings. The van der Waals surface area contributed by atoms with Gasteiger partial charge in [0.2, 0.25) is 6.43 Å². The molecular formula is C17H21F2N3O5. The first-order valence-corrected chi connectivity index (χ1v) is 8.54. The van der Waals surface area contributed by atoms with Gasteiger partial charge in [0, 0.05) is 31.1 Å². The number of carboxylic acids is 1. The lowest BCUT2D eigenvalue weighted by molar-refractivity contribution is -0.384. The van der Waals surface area contributed by atoms with Gasteiger partial charge in [0.25, 0.3) is 11.6 Å². The van der Waals surface area contributed by atoms with Crippen molar-refractivity contribution in [3.8, 4) is 0 Å². The number of hydrogen-bond acceptors (Lipinski definition) is 5. The maximum Gasteiger partial charge on any atom is 0.326 e. The number of rotatable bonds is 7. The van der Waals surface area contributed by atoms with Crippen LogP contribution in [0.3, 0.4) is 0 Å². The summed E-state index contributed by atoms with van der Waals surface area (Å²) in [5, 5.41) is 22.3. The highest BCUT2D eigenvalue weighted by molar-refractivity contribution is 5.97. The summed E-state index contributed by atoms with van der Waals surface area (Å²) in [5.74, 6) is -2.02. The van der Waals surface area contributed by atoms with Crippen LogP contribution < -0.4 is 10.2 Å². The molecule has 148 valence electrons. The smallest absolute Gasteiger partial charge is 0.326 e. The van der Waals surface area contributed by atoms with Crippen LogP contribution in [0.25, 0.3) is 0 Å². The molecule has 1 aromatic rings. The van der Waals surface area contributed by atoms with E-state index >= 15 is 0 Å². The Labute approximate surface area is 154 Å². The number of carbonyl (C=O) groups excluding carboxylic acids is 1. The topological polar surface area (TPSA) is 113 Å². The third-order valence-electron chi connectivity index (χ3n) is 4.58. The summed E-state index contributed by atoms with van der Waals surface area (Å²) < 4.78 is 24.9. The van der Waals surface area contributed by atoms with Crippen molar-refractivity contribution in [2.75, 3.05) is 18.0 Å². The predicted octanol–water partition coefficient (Wildman–Crippen LogP) is 2.67. The second-order valence-corrected chi connectivity index (χ2v) is 6.62. The van der Waals surface area contributed by atoms with E-state index in [4.69, 9.17) is 5.11 Å². The Balaban J connectivity index is 2.22. The number of aliphatic carboxylic acids is 1. The zero-order valence-electron chi connectivity index (χ0n) is 14.7. The van der Waals surface area contributed by atoms with Gasteiger partial charge in [-0.15, -0.1) is 0 Å². The van der Waals surface area contributed by atoms with Gasteiger partial charge < -0.3 is 15.3 Å². The molecule has 0 radical (unpaired) electrons. The van der Waals surface area contributed by atoms with Crippen molar-refractivity contribution in [3.63, 3.8) is 0 Å². The van der Waals surface area contributed by atoms with Crippen molar-refractivity contribution in [1.82, 2.24) is 5.32 Å². The Kier molecular flexibility index (Phi) is 6.65. The van der Waals surface area contributed by atoms with E-state index in [1.54, 1.807) is 0 Å². The Hall–Kier alpha value is -2.78. The molecule has 1 aromatic carbocycles. The third-order valence-corrected chi connectivity index (χ3v) is 4.58. The molecule has 0 saturated carbocycles. The number of carbonyl (C=O) groups is 2. The van der Waals surface area contributed by atoms with Crippen molar-refractivity contribution in [2.45, 2.75) is 38.7 Å². The number of nitro groups is 1. The number of alkyl halides is 2. The minimum absolute atomic E-state index is 0.156. The molecule has 1 heterocycles. The van der Waals surface area contributed by atoms with Crippen LogP contribution in [0.15, 0.2) is 18.2 Å². The minimum atomic E-state index is -2.91. The Bertz CT molecular complexity index is 721. The molecule has 1 unspecified atom stereocenters. The largest absolute Gasteiger partial charge is 0.480 e. The Morgan fingerprint density at radius 3 is 2.52 bits per heavy atom. The van der Waals surface area contributed by atoms with Crippen LogP contribution in [0.2, 0.25) is 0 Å². The standard InChI is InChI=1S/C17H21F2N3O5/c1-10-4-6-21(7-5-10)13-3-2-11(8-14(13)22(26)27)16(23)20-12(17(24)25)9-15(18)19/h2-3,8,10,12,15H,4-7,9H2,1H3,(H,20,23)(H,24,25). The molecule has 1 aliphatic heterocycles. The molecule has 1 aliphatic rings. The number of nitrogens with one attached hydrogen (secondary N) is 1. The van der Waals surface area contributed by atoms with Gasteiger partial charge >= 0.3 is 5.97 Å². The summed E-state index contributed by atoms with van der Waals surface area (Å²) in [4.78, 5) is 35.9. The van der Waals surface area contributed by atoms with E-state index in [1.165, 1.54) is 12.1 Å². The van der Waals surface area contributed by atoms with Crippen LogP contribution in [0.5, 0.6) is 0 Å². The SMILES string of the molecule is CC1CCN(c2ccc(C(=O)NC(CC(F)F)C(=O)O)cc2[N+](=O)[O-])CC1. The zero-order valence-corrected chi connectivity index (χ0v) is 14.7. The first-order chi connectivity index (χ1) is 12.7. The van der Waals surface area contributed by atoms with Gasteiger partial charge in [-0.2, -0.15) is 0 Å². The summed E-state index contributed by atoms with van der Waals surface area (Å²) in [6, 6.07) is 2.03. The van der Waals surface area contributed by atoms with Crippen molar-refractivity contribution < 1.29 is 28.4 Å². The number of piperidine rings is 1. The van der Waals surface area contributed by atoms with Gasteiger partial charge in [-0.3, -0.25) is 14.9 Å². The number of anilines is 1. The van der Waals surface area contributed by atoms with Gasteiger partial charge in [-0.1, -0.05) is 6.92 Å². The molecule has 0 spiro atoms. The van der Waals surface area contributed by atoms with Crippen molar-refractivity contribution in [3.05, 3.63) is 33.9 Å². The number of carboxylic acid groups (broad SMARTS) is 1. The number of nitro benzene ring substituents is 1. The lowest BCUT2D eigenvalue weighted by Gasteiger charge is -2.31. The summed E-state index contributed by atoms with van der Waals surface area (Å²) in [6.07, 6.45) is -2.17. The Morgan fingerprint density at radius 1 is 1.37 bits per heavy atom. The average Bonchev–Trinajstić information content (AvgIpc) is 2.60. The molecule has 10 heteroatoms. The first kappa shape index (κ1) is 20.5. The van der Waals surface area contributed by atoms with E-state index in [-0.39, 0.29) is 11.3 Å². The van der Waals surface area contributed by atoms with Gasteiger partial charge in [-0.25, -0.2) is 13.6 Å². The fourth-order valence-corrected chi connectivity index (χ4v) is 2.97. The van der Waals surface area contributed by atoms with Crippen LogP contribution >= 0.6 is 0 Å². The number of benzene rings is 1. The fourth-order valence-electron chi connectivity index (χ4n) is 2.97. The molecule has 27 heavy (non-hydrogen) atoms. The number of hydrogen-bond donors (Lipinski definition) is 2. The summed E-state index contributed by atoms with van der Waals surface area (Å²) in [5.41, 5.74) is -0.0555. The van der Waals surface area contributed by atoms with E-state index in [2.05, 4.69) is 6.92 Å². The van der Waals surface area contributed by atoms with Crippen LogP contribution in [-0.2, 0) is 4.79 Å². The summed E-state index contributed by atoms with van der Waals surface area (Å²) in [6.45, 7) is 3.42. The fraction of sp³-hybridized carbons (Fsp3) is 0.529. The van der Waals surface area contributed by atoms with Crippen molar-refractivity contribution >= 4 is 23.3 Å². The van der Waals surface area contributed by atoms with Gasteiger partial charge in [0.15, 0.2) is 0 Å². The molecular weight excluding hydrogens is 364 g/mol. The monoisotopic (exact) mass is 385 g/mol. The molecule has 1 amide bonds. The maximum atomic E-state index is 12.4. The van der Waals surface area contributed by atoms with Crippen molar-refractivity contribution in [2.24, 2.45) is 5.92 Å². The second-order valence-electron chi connectivity index (χ2n) is 6.62. The van der Waals surface area contributed by atoms with E-state index in [9.17, 15) is 28.5 Å². The number of amides is 1. The first-order valence-electron chi connectivity index (χ1n) is 8.54.